The van der Waals surface area contributed by atoms with E-state index < -0.39 is 4.92 Å². The topological polar surface area (TPSA) is 43.1 Å². The molecule has 0 amide bonds. The Labute approximate surface area is 114 Å². The van der Waals surface area contributed by atoms with E-state index in [-0.39, 0.29) is 69.3 Å². The molecule has 80 valence electrons. The number of non-ortho nitro benzene ring substituents is 1. The predicted molar refractivity (Wildman–Crippen MR) is 43.0 cm³/mol. The van der Waals surface area contributed by atoms with Crippen LogP contribution in [-0.2, 0) is 33.8 Å². The van der Waals surface area contributed by atoms with Gasteiger partial charge in [0.05, 0.1) is 4.92 Å². The zero-order valence-corrected chi connectivity index (χ0v) is 8.40. The van der Waals surface area contributed by atoms with E-state index >= 15 is 0 Å². The SMILES string of the molecule is O=[N+]([O-])c1ccccc1.[AlH3].[Cl-].[Co].[Cu]. The Morgan fingerprint density at radius 3 is 1.77 bits per heavy atom. The number of hydrogen-bond acceptors (Lipinski definition) is 2. The van der Waals surface area contributed by atoms with E-state index in [0.717, 1.165) is 0 Å². The number of rotatable bonds is 1. The summed E-state index contributed by atoms with van der Waals surface area (Å²) in [6.45, 7) is 0. The van der Waals surface area contributed by atoms with E-state index in [4.69, 9.17) is 0 Å². The molecule has 0 saturated carbocycles. The molecule has 2 radical (unpaired) electrons. The van der Waals surface area contributed by atoms with Crippen molar-refractivity contribution in [2.75, 3.05) is 0 Å². The summed E-state index contributed by atoms with van der Waals surface area (Å²) < 4.78 is 0. The summed E-state index contributed by atoms with van der Waals surface area (Å²) in [5.41, 5.74) is 0.137. The van der Waals surface area contributed by atoms with Crippen molar-refractivity contribution in [3.05, 3.63) is 40.4 Å². The van der Waals surface area contributed by atoms with Crippen LogP contribution in [0.1, 0.15) is 0 Å². The third kappa shape index (κ3) is 8.79. The fourth-order valence-corrected chi connectivity index (χ4v) is 0.550. The Bertz CT molecular complexity index is 227. The third-order valence-corrected chi connectivity index (χ3v) is 0.967. The van der Waals surface area contributed by atoms with Crippen LogP contribution in [0.3, 0.4) is 0 Å². The first-order valence-corrected chi connectivity index (χ1v) is 2.50. The molecule has 3 nitrogen and oxygen atoms in total. The molecule has 0 unspecified atom stereocenters. The van der Waals surface area contributed by atoms with Crippen LogP contribution in [0.2, 0.25) is 0 Å². The van der Waals surface area contributed by atoms with Crippen LogP contribution >= 0.6 is 0 Å². The Balaban J connectivity index is -0.000000101. The van der Waals surface area contributed by atoms with Gasteiger partial charge in [-0.25, -0.2) is 0 Å². The van der Waals surface area contributed by atoms with Gasteiger partial charge in [-0.1, -0.05) is 18.2 Å². The molecule has 0 atom stereocenters. The van der Waals surface area contributed by atoms with Crippen molar-refractivity contribution < 1.29 is 51.2 Å². The van der Waals surface area contributed by atoms with Crippen molar-refractivity contribution in [1.29, 1.82) is 0 Å². The predicted octanol–water partition coefficient (Wildman–Crippen LogP) is -2.59. The van der Waals surface area contributed by atoms with Crippen LogP contribution in [0.4, 0.5) is 5.69 Å². The number of halogens is 1. The van der Waals surface area contributed by atoms with Gasteiger partial charge in [0.1, 0.15) is 0 Å². The van der Waals surface area contributed by atoms with Crippen molar-refractivity contribution in [1.82, 2.24) is 0 Å². The first-order valence-electron chi connectivity index (χ1n) is 2.50. The Morgan fingerprint density at radius 1 is 1.15 bits per heavy atom. The Kier molecular flexibility index (Phi) is 22.4. The van der Waals surface area contributed by atoms with Crippen molar-refractivity contribution in [2.24, 2.45) is 0 Å². The van der Waals surface area contributed by atoms with Crippen LogP contribution in [0.5, 0.6) is 0 Å². The maximum atomic E-state index is 10.0. The summed E-state index contributed by atoms with van der Waals surface area (Å²) in [6, 6.07) is 7.93. The van der Waals surface area contributed by atoms with Gasteiger partial charge in [0.15, 0.2) is 17.4 Å². The van der Waals surface area contributed by atoms with Gasteiger partial charge in [0, 0.05) is 46.0 Å². The quantitative estimate of drug-likeness (QED) is 0.325. The molecule has 13 heavy (non-hydrogen) atoms. The molecule has 0 heterocycles. The number of nitro groups is 1. The van der Waals surface area contributed by atoms with Crippen LogP contribution < -0.4 is 12.4 Å². The zero-order chi connectivity index (χ0) is 6.69. The summed E-state index contributed by atoms with van der Waals surface area (Å²) in [7, 11) is 0. The first kappa shape index (κ1) is 23.4. The summed E-state index contributed by atoms with van der Waals surface area (Å²) in [5, 5.41) is 10.0. The summed E-state index contributed by atoms with van der Waals surface area (Å²) in [4.78, 5) is 9.59. The Morgan fingerprint density at radius 2 is 1.54 bits per heavy atom. The van der Waals surface area contributed by atoms with E-state index in [1.54, 1.807) is 18.2 Å². The second-order valence-corrected chi connectivity index (χ2v) is 1.59. The molecule has 0 aromatic heterocycles. The third-order valence-electron chi connectivity index (χ3n) is 0.967. The average Bonchev–Trinajstić information content (AvgIpc) is 1.90. The molecule has 0 fully saturated rings. The standard InChI is InChI=1S/C6H5NO2.Al.ClH.Co.Cu.3H/c8-7(9)6-4-2-1-3-5-6;;;;;;;/h1-5H;;1H;;;;;/p-1. The molecular weight excluding hydrogens is 303 g/mol. The summed E-state index contributed by atoms with van der Waals surface area (Å²) in [6.07, 6.45) is 0. The van der Waals surface area contributed by atoms with Gasteiger partial charge in [0.2, 0.25) is 0 Å². The molecule has 1 aromatic carbocycles. The largest absolute Gasteiger partial charge is 1.00 e. The normalized spacial score (nSPS) is 6.15. The molecule has 7 heteroatoms. The van der Waals surface area contributed by atoms with E-state index in [0.29, 0.717) is 0 Å². The van der Waals surface area contributed by atoms with Crippen molar-refractivity contribution in [3.8, 4) is 0 Å². The van der Waals surface area contributed by atoms with Gasteiger partial charge >= 0.3 is 0 Å². The number of benzene rings is 1. The maximum Gasteiger partial charge on any atom is 0.269 e. The number of nitro benzene ring substituents is 1. The van der Waals surface area contributed by atoms with Crippen LogP contribution in [0.25, 0.3) is 0 Å². The smallest absolute Gasteiger partial charge is 0.269 e. The monoisotopic (exact) mass is 310 g/mol. The molecule has 0 spiro atoms. The molecule has 1 aromatic rings. The van der Waals surface area contributed by atoms with Gasteiger partial charge in [-0.2, -0.15) is 0 Å². The van der Waals surface area contributed by atoms with Crippen molar-refractivity contribution in [3.63, 3.8) is 0 Å². The van der Waals surface area contributed by atoms with Gasteiger partial charge in [0.25, 0.3) is 5.69 Å². The van der Waals surface area contributed by atoms with Crippen LogP contribution in [0.15, 0.2) is 30.3 Å². The molecule has 0 N–H and O–H groups in total. The zero-order valence-electron chi connectivity index (χ0n) is 5.66. The second kappa shape index (κ2) is 12.5. The first-order chi connectivity index (χ1) is 4.30. The fourth-order valence-electron chi connectivity index (χ4n) is 0.550. The molecule has 0 saturated heterocycles. The van der Waals surface area contributed by atoms with E-state index in [1.807, 2.05) is 0 Å². The van der Waals surface area contributed by atoms with Crippen LogP contribution in [-0.4, -0.2) is 22.3 Å². The van der Waals surface area contributed by atoms with Gasteiger partial charge in [-0.15, -0.1) is 0 Å². The number of nitrogens with zero attached hydrogens (tertiary/aromatic N) is 1. The molecule has 1 rings (SSSR count). The summed E-state index contributed by atoms with van der Waals surface area (Å²) in [5.74, 6) is 0. The summed E-state index contributed by atoms with van der Waals surface area (Å²) >= 11 is 0. The minimum atomic E-state index is -0.417. The Hall–Kier alpha value is 0.468. The minimum absolute atomic E-state index is 0. The van der Waals surface area contributed by atoms with Crippen molar-refractivity contribution >= 4 is 23.0 Å². The molecule has 0 aliphatic rings. The fraction of sp³-hybridized carbons (Fsp3) is 0. The van der Waals surface area contributed by atoms with E-state index in [9.17, 15) is 10.1 Å². The van der Waals surface area contributed by atoms with Crippen molar-refractivity contribution in [2.45, 2.75) is 0 Å². The minimum Gasteiger partial charge on any atom is -1.00 e. The van der Waals surface area contributed by atoms with Gasteiger partial charge in [-0.3, -0.25) is 10.1 Å². The average molecular weight is 311 g/mol. The van der Waals surface area contributed by atoms with Crippen LogP contribution in [0, 0.1) is 10.1 Å². The molecule has 0 aliphatic heterocycles. The van der Waals surface area contributed by atoms with E-state index in [2.05, 4.69) is 0 Å². The van der Waals surface area contributed by atoms with Gasteiger partial charge in [-0.05, 0) is 0 Å². The number of para-hydroxylation sites is 1. The molecule has 0 aliphatic carbocycles. The number of hydrogen-bond donors (Lipinski definition) is 0. The molecule has 0 bridgehead atoms. The van der Waals surface area contributed by atoms with E-state index in [1.165, 1.54) is 12.1 Å². The second-order valence-electron chi connectivity index (χ2n) is 1.59. The van der Waals surface area contributed by atoms with Gasteiger partial charge < -0.3 is 12.4 Å². The maximum absolute atomic E-state index is 10.0. The molecular formula is C6H8AlClCoCuNO2-.